The molecule has 0 spiro atoms. The van der Waals surface area contributed by atoms with E-state index in [4.69, 9.17) is 4.74 Å². The van der Waals surface area contributed by atoms with Gasteiger partial charge in [0.2, 0.25) is 0 Å². The summed E-state index contributed by atoms with van der Waals surface area (Å²) in [6.45, 7) is 7.14. The molecule has 2 aromatic rings. The largest absolute Gasteiger partial charge is 0.491 e. The Bertz CT molecular complexity index is 536. The standard InChI is InChI=1S/C16H20BrNOS/c1-11(2)19-14-6-4-13(5-7-14)12(3)18-10-16-15(17)8-9-20-16/h4-9,11-12,18H,10H2,1-3H3. The van der Waals surface area contributed by atoms with E-state index in [9.17, 15) is 0 Å². The van der Waals surface area contributed by atoms with Crippen LogP contribution in [0.3, 0.4) is 0 Å². The van der Waals surface area contributed by atoms with Crippen LogP contribution in [0.1, 0.15) is 37.3 Å². The van der Waals surface area contributed by atoms with Crippen LogP contribution in [0.4, 0.5) is 0 Å². The van der Waals surface area contributed by atoms with Gasteiger partial charge in [0.15, 0.2) is 0 Å². The molecule has 1 heterocycles. The van der Waals surface area contributed by atoms with Crippen LogP contribution >= 0.6 is 27.3 Å². The van der Waals surface area contributed by atoms with Gasteiger partial charge in [-0.1, -0.05) is 12.1 Å². The van der Waals surface area contributed by atoms with E-state index >= 15 is 0 Å². The molecule has 108 valence electrons. The maximum Gasteiger partial charge on any atom is 0.119 e. The van der Waals surface area contributed by atoms with E-state index in [0.29, 0.717) is 6.04 Å². The summed E-state index contributed by atoms with van der Waals surface area (Å²) in [5, 5.41) is 5.64. The van der Waals surface area contributed by atoms with Gasteiger partial charge >= 0.3 is 0 Å². The quantitative estimate of drug-likeness (QED) is 0.775. The molecule has 0 amide bonds. The molecule has 20 heavy (non-hydrogen) atoms. The molecule has 0 radical (unpaired) electrons. The van der Waals surface area contributed by atoms with Crippen molar-refractivity contribution in [1.82, 2.24) is 5.32 Å². The highest BCUT2D eigenvalue weighted by molar-refractivity contribution is 9.10. The zero-order valence-corrected chi connectivity index (χ0v) is 14.4. The van der Waals surface area contributed by atoms with Gasteiger partial charge in [-0.25, -0.2) is 0 Å². The second-order valence-electron chi connectivity index (χ2n) is 5.03. The van der Waals surface area contributed by atoms with Gasteiger partial charge in [-0.2, -0.15) is 0 Å². The summed E-state index contributed by atoms with van der Waals surface area (Å²) in [5.41, 5.74) is 1.27. The normalized spacial score (nSPS) is 12.7. The molecule has 4 heteroatoms. The molecule has 0 fully saturated rings. The smallest absolute Gasteiger partial charge is 0.119 e. The van der Waals surface area contributed by atoms with Crippen LogP contribution in [0.2, 0.25) is 0 Å². The summed E-state index contributed by atoms with van der Waals surface area (Å²) >= 11 is 5.33. The Hall–Kier alpha value is -0.840. The van der Waals surface area contributed by atoms with Crippen LogP contribution in [0.25, 0.3) is 0 Å². The monoisotopic (exact) mass is 353 g/mol. The predicted molar refractivity (Wildman–Crippen MR) is 89.5 cm³/mol. The fraction of sp³-hybridized carbons (Fsp3) is 0.375. The van der Waals surface area contributed by atoms with Crippen LogP contribution < -0.4 is 10.1 Å². The first kappa shape index (κ1) is 15.5. The van der Waals surface area contributed by atoms with Gasteiger partial charge in [0.1, 0.15) is 5.75 Å². The van der Waals surface area contributed by atoms with Gasteiger partial charge in [0.05, 0.1) is 6.10 Å². The SMILES string of the molecule is CC(C)Oc1ccc(C(C)NCc2sccc2Br)cc1. The lowest BCUT2D eigenvalue weighted by atomic mass is 10.1. The molecule has 1 aromatic carbocycles. The van der Waals surface area contributed by atoms with Gasteiger partial charge < -0.3 is 10.1 Å². The number of benzene rings is 1. The molecule has 0 bridgehead atoms. The van der Waals surface area contributed by atoms with E-state index in [1.807, 2.05) is 26.0 Å². The molecule has 1 unspecified atom stereocenters. The molecule has 2 nitrogen and oxygen atoms in total. The summed E-state index contributed by atoms with van der Waals surface area (Å²) in [5.74, 6) is 0.928. The lowest BCUT2D eigenvalue weighted by Crippen LogP contribution is -2.17. The van der Waals surface area contributed by atoms with Crippen LogP contribution in [0.15, 0.2) is 40.2 Å². The molecule has 1 aromatic heterocycles. The zero-order valence-electron chi connectivity index (χ0n) is 12.0. The second-order valence-corrected chi connectivity index (χ2v) is 6.88. The number of hydrogen-bond acceptors (Lipinski definition) is 3. The van der Waals surface area contributed by atoms with E-state index < -0.39 is 0 Å². The first-order valence-electron chi connectivity index (χ1n) is 6.78. The third-order valence-electron chi connectivity index (χ3n) is 3.01. The van der Waals surface area contributed by atoms with Crippen molar-refractivity contribution in [3.8, 4) is 5.75 Å². The van der Waals surface area contributed by atoms with Crippen molar-refractivity contribution < 1.29 is 4.74 Å². The molecule has 1 atom stereocenters. The van der Waals surface area contributed by atoms with Crippen molar-refractivity contribution in [3.63, 3.8) is 0 Å². The minimum Gasteiger partial charge on any atom is -0.491 e. The Morgan fingerprint density at radius 2 is 1.85 bits per heavy atom. The zero-order chi connectivity index (χ0) is 14.5. The molecule has 0 saturated heterocycles. The predicted octanol–water partition coefficient (Wildman–Crippen LogP) is 5.15. The highest BCUT2D eigenvalue weighted by Gasteiger charge is 2.07. The number of nitrogens with one attached hydrogen (secondary N) is 1. The number of ether oxygens (including phenoxy) is 1. The minimum atomic E-state index is 0.215. The Balaban J connectivity index is 1.92. The Morgan fingerprint density at radius 3 is 2.40 bits per heavy atom. The number of rotatable bonds is 6. The molecule has 0 aliphatic rings. The Labute approximate surface area is 133 Å². The van der Waals surface area contributed by atoms with Gasteiger partial charge in [-0.15, -0.1) is 11.3 Å². The summed E-state index contributed by atoms with van der Waals surface area (Å²) < 4.78 is 6.84. The first-order chi connectivity index (χ1) is 9.56. The lowest BCUT2D eigenvalue weighted by Gasteiger charge is -2.15. The van der Waals surface area contributed by atoms with Crippen LogP contribution in [0.5, 0.6) is 5.75 Å². The van der Waals surface area contributed by atoms with Crippen LogP contribution in [-0.4, -0.2) is 6.10 Å². The molecule has 0 aliphatic carbocycles. The first-order valence-corrected chi connectivity index (χ1v) is 8.45. The van der Waals surface area contributed by atoms with Crippen molar-refractivity contribution in [2.75, 3.05) is 0 Å². The summed E-state index contributed by atoms with van der Waals surface area (Å²) in [6.07, 6.45) is 0.215. The minimum absolute atomic E-state index is 0.215. The number of hydrogen-bond donors (Lipinski definition) is 1. The number of halogens is 1. The molecular weight excluding hydrogens is 334 g/mol. The van der Waals surface area contributed by atoms with E-state index in [1.165, 1.54) is 14.9 Å². The molecule has 0 saturated carbocycles. The van der Waals surface area contributed by atoms with E-state index in [1.54, 1.807) is 11.3 Å². The fourth-order valence-electron chi connectivity index (χ4n) is 1.92. The average Bonchev–Trinajstić information content (AvgIpc) is 2.82. The second kappa shape index (κ2) is 7.25. The third-order valence-corrected chi connectivity index (χ3v) is 4.94. The van der Waals surface area contributed by atoms with Crippen molar-refractivity contribution in [1.29, 1.82) is 0 Å². The van der Waals surface area contributed by atoms with E-state index in [-0.39, 0.29) is 6.10 Å². The van der Waals surface area contributed by atoms with Gasteiger partial charge in [0.25, 0.3) is 0 Å². The Kier molecular flexibility index (Phi) is 5.64. The van der Waals surface area contributed by atoms with Crippen molar-refractivity contribution in [2.45, 2.75) is 39.5 Å². The highest BCUT2D eigenvalue weighted by Crippen LogP contribution is 2.24. The third kappa shape index (κ3) is 4.33. The Morgan fingerprint density at radius 1 is 1.15 bits per heavy atom. The summed E-state index contributed by atoms with van der Waals surface area (Å²) in [7, 11) is 0. The van der Waals surface area contributed by atoms with E-state index in [2.05, 4.69) is 51.7 Å². The summed E-state index contributed by atoms with van der Waals surface area (Å²) in [6, 6.07) is 10.7. The molecule has 2 rings (SSSR count). The molecular formula is C16H20BrNOS. The molecule has 1 N–H and O–H groups in total. The van der Waals surface area contributed by atoms with Crippen LogP contribution in [-0.2, 0) is 6.54 Å². The lowest BCUT2D eigenvalue weighted by molar-refractivity contribution is 0.242. The maximum absolute atomic E-state index is 5.66. The average molecular weight is 354 g/mol. The summed E-state index contributed by atoms with van der Waals surface area (Å²) in [4.78, 5) is 1.33. The van der Waals surface area contributed by atoms with Crippen LogP contribution in [0, 0.1) is 0 Å². The van der Waals surface area contributed by atoms with Gasteiger partial charge in [0, 0.05) is 21.9 Å². The van der Waals surface area contributed by atoms with Crippen molar-refractivity contribution in [3.05, 3.63) is 50.6 Å². The topological polar surface area (TPSA) is 21.3 Å². The maximum atomic E-state index is 5.66. The molecule has 0 aliphatic heterocycles. The van der Waals surface area contributed by atoms with Crippen molar-refractivity contribution in [2.24, 2.45) is 0 Å². The van der Waals surface area contributed by atoms with E-state index in [0.717, 1.165) is 12.3 Å². The number of thiophene rings is 1. The highest BCUT2D eigenvalue weighted by atomic mass is 79.9. The van der Waals surface area contributed by atoms with Crippen molar-refractivity contribution >= 4 is 27.3 Å². The van der Waals surface area contributed by atoms with Gasteiger partial charge in [-0.05, 0) is 65.8 Å². The fourth-order valence-corrected chi connectivity index (χ4v) is 3.37. The van der Waals surface area contributed by atoms with Gasteiger partial charge in [-0.3, -0.25) is 0 Å².